The lowest BCUT2D eigenvalue weighted by Gasteiger charge is -2.32. The van der Waals surface area contributed by atoms with Crippen molar-refractivity contribution in [3.63, 3.8) is 0 Å². The third-order valence-electron chi connectivity index (χ3n) is 2.70. The maximum Gasteiger partial charge on any atom is 0.271 e. The number of rotatable bonds is 4. The van der Waals surface area contributed by atoms with E-state index >= 15 is 0 Å². The van der Waals surface area contributed by atoms with Gasteiger partial charge in [0.25, 0.3) is 5.56 Å². The second kappa shape index (κ2) is 4.84. The van der Waals surface area contributed by atoms with Crippen molar-refractivity contribution < 1.29 is 0 Å². The maximum atomic E-state index is 11.2. The Kier molecular flexibility index (Phi) is 3.93. The highest BCUT2D eigenvalue weighted by Gasteiger charge is 2.20. The van der Waals surface area contributed by atoms with Gasteiger partial charge in [-0.05, 0) is 27.9 Å². The van der Waals surface area contributed by atoms with Crippen molar-refractivity contribution in [3.05, 3.63) is 21.7 Å². The summed E-state index contributed by atoms with van der Waals surface area (Å²) in [5.74, 6) is 0.417. The first-order chi connectivity index (χ1) is 7.34. The van der Waals surface area contributed by atoms with Crippen LogP contribution in [0.2, 0.25) is 5.02 Å². The number of hydrogen-bond acceptors (Lipinski definition) is 4. The summed E-state index contributed by atoms with van der Waals surface area (Å²) in [7, 11) is 3.99. The molecule has 0 unspecified atom stereocenters. The van der Waals surface area contributed by atoms with Crippen LogP contribution >= 0.6 is 11.6 Å². The van der Waals surface area contributed by atoms with Crippen LogP contribution in [0.5, 0.6) is 0 Å². The van der Waals surface area contributed by atoms with Crippen LogP contribution in [0.4, 0.5) is 5.82 Å². The molecule has 0 amide bonds. The molecule has 1 aromatic heterocycles. The molecule has 0 aromatic carbocycles. The summed E-state index contributed by atoms with van der Waals surface area (Å²) in [6, 6.07) is 0. The molecule has 5 nitrogen and oxygen atoms in total. The van der Waals surface area contributed by atoms with Gasteiger partial charge in [-0.25, -0.2) is 4.98 Å². The van der Waals surface area contributed by atoms with E-state index in [0.29, 0.717) is 12.4 Å². The highest BCUT2D eigenvalue weighted by atomic mass is 35.5. The Morgan fingerprint density at radius 2 is 2.19 bits per heavy atom. The fourth-order valence-electron chi connectivity index (χ4n) is 0.964. The maximum absolute atomic E-state index is 11.2. The van der Waals surface area contributed by atoms with Gasteiger partial charge in [0.1, 0.15) is 5.02 Å². The molecule has 1 heterocycles. The number of anilines is 1. The van der Waals surface area contributed by atoms with E-state index in [1.54, 1.807) is 0 Å². The van der Waals surface area contributed by atoms with Crippen LogP contribution in [-0.2, 0) is 0 Å². The summed E-state index contributed by atoms with van der Waals surface area (Å²) < 4.78 is 0. The average Bonchev–Trinajstić information content (AvgIpc) is 2.20. The number of aromatic nitrogens is 2. The lowest BCUT2D eigenvalue weighted by Crippen LogP contribution is -2.44. The van der Waals surface area contributed by atoms with Crippen molar-refractivity contribution in [2.75, 3.05) is 26.0 Å². The lowest BCUT2D eigenvalue weighted by atomic mass is 10.0. The monoisotopic (exact) mass is 244 g/mol. The zero-order valence-corrected chi connectivity index (χ0v) is 10.7. The molecular formula is C10H17ClN4O. The topological polar surface area (TPSA) is 61.0 Å². The second-order valence-corrected chi connectivity index (χ2v) is 4.83. The fourth-order valence-corrected chi connectivity index (χ4v) is 1.13. The molecule has 0 aliphatic heterocycles. The Labute approximate surface area is 99.8 Å². The molecule has 0 spiro atoms. The summed E-state index contributed by atoms with van der Waals surface area (Å²) in [6.07, 6.45) is 1.33. The molecular weight excluding hydrogens is 228 g/mol. The van der Waals surface area contributed by atoms with Crippen molar-refractivity contribution >= 4 is 17.4 Å². The first kappa shape index (κ1) is 13.0. The van der Waals surface area contributed by atoms with Crippen LogP contribution in [-0.4, -0.2) is 41.0 Å². The summed E-state index contributed by atoms with van der Waals surface area (Å²) in [6.45, 7) is 4.82. The van der Waals surface area contributed by atoms with Crippen LogP contribution in [0.25, 0.3) is 0 Å². The molecule has 0 aliphatic carbocycles. The fraction of sp³-hybridized carbons (Fsp3) is 0.600. The molecule has 0 bridgehead atoms. The van der Waals surface area contributed by atoms with Crippen LogP contribution in [0, 0.1) is 0 Å². The Morgan fingerprint density at radius 1 is 1.56 bits per heavy atom. The van der Waals surface area contributed by atoms with Gasteiger partial charge in [-0.3, -0.25) is 4.79 Å². The molecule has 0 atom stereocenters. The van der Waals surface area contributed by atoms with Gasteiger partial charge in [0.15, 0.2) is 5.82 Å². The Balaban J connectivity index is 2.76. The molecule has 16 heavy (non-hydrogen) atoms. The molecule has 1 rings (SSSR count). The zero-order chi connectivity index (χ0) is 12.3. The van der Waals surface area contributed by atoms with Gasteiger partial charge in [0.05, 0.1) is 6.33 Å². The second-order valence-electron chi connectivity index (χ2n) is 4.45. The van der Waals surface area contributed by atoms with E-state index in [1.807, 2.05) is 14.1 Å². The standard InChI is InChI=1S/C10H17ClN4O/c1-10(2,15(3)4)5-12-8-7(11)9(16)14-6-13-8/h6H,5H2,1-4H3,(H2,12,13,14,16). The van der Waals surface area contributed by atoms with Crippen LogP contribution in [0.1, 0.15) is 13.8 Å². The lowest BCUT2D eigenvalue weighted by molar-refractivity contribution is 0.210. The van der Waals surface area contributed by atoms with E-state index in [9.17, 15) is 4.79 Å². The van der Waals surface area contributed by atoms with E-state index in [2.05, 4.69) is 34.0 Å². The minimum atomic E-state index is -0.332. The molecule has 0 fully saturated rings. The number of aromatic amines is 1. The number of H-pyrrole nitrogens is 1. The van der Waals surface area contributed by atoms with Crippen molar-refractivity contribution in [1.29, 1.82) is 0 Å². The largest absolute Gasteiger partial charge is 0.367 e. The summed E-state index contributed by atoms with van der Waals surface area (Å²) >= 11 is 5.82. The SMILES string of the molecule is CN(C)C(C)(C)CNc1nc[nH]c(=O)c1Cl. The van der Waals surface area contributed by atoms with Crippen molar-refractivity contribution in [2.24, 2.45) is 0 Å². The van der Waals surface area contributed by atoms with E-state index in [0.717, 1.165) is 0 Å². The predicted molar refractivity (Wildman–Crippen MR) is 66.1 cm³/mol. The summed E-state index contributed by atoms with van der Waals surface area (Å²) in [5, 5.41) is 3.17. The van der Waals surface area contributed by atoms with Gasteiger partial charge in [-0.2, -0.15) is 0 Å². The number of halogens is 1. The minimum absolute atomic E-state index is 0.0480. The number of nitrogens with one attached hydrogen (secondary N) is 2. The number of nitrogens with zero attached hydrogens (tertiary/aromatic N) is 2. The third-order valence-corrected chi connectivity index (χ3v) is 3.05. The molecule has 2 N–H and O–H groups in total. The molecule has 6 heteroatoms. The van der Waals surface area contributed by atoms with E-state index < -0.39 is 0 Å². The molecule has 0 radical (unpaired) electrons. The van der Waals surface area contributed by atoms with Crippen molar-refractivity contribution in [3.8, 4) is 0 Å². The molecule has 0 saturated heterocycles. The normalized spacial score (nSPS) is 11.9. The summed E-state index contributed by atoms with van der Waals surface area (Å²) in [5.41, 5.74) is -0.380. The van der Waals surface area contributed by atoms with Gasteiger partial charge in [-0.1, -0.05) is 11.6 Å². The predicted octanol–water partition coefficient (Wildman–Crippen LogP) is 1.18. The van der Waals surface area contributed by atoms with Gasteiger partial charge in [0, 0.05) is 12.1 Å². The zero-order valence-electron chi connectivity index (χ0n) is 9.97. The van der Waals surface area contributed by atoms with Gasteiger partial charge in [0.2, 0.25) is 0 Å². The van der Waals surface area contributed by atoms with Crippen LogP contribution in [0.3, 0.4) is 0 Å². The highest BCUT2D eigenvalue weighted by molar-refractivity contribution is 6.32. The third kappa shape index (κ3) is 2.96. The van der Waals surface area contributed by atoms with Crippen LogP contribution < -0.4 is 10.9 Å². The number of likely N-dealkylation sites (N-methyl/N-ethyl adjacent to an activating group) is 1. The van der Waals surface area contributed by atoms with Gasteiger partial charge < -0.3 is 15.2 Å². The molecule has 1 aromatic rings. The smallest absolute Gasteiger partial charge is 0.271 e. The number of hydrogen-bond donors (Lipinski definition) is 2. The summed E-state index contributed by atoms with van der Waals surface area (Å²) in [4.78, 5) is 19.7. The van der Waals surface area contributed by atoms with E-state index in [1.165, 1.54) is 6.33 Å². The van der Waals surface area contributed by atoms with E-state index in [-0.39, 0.29) is 16.1 Å². The molecule has 90 valence electrons. The van der Waals surface area contributed by atoms with Gasteiger partial charge in [-0.15, -0.1) is 0 Å². The minimum Gasteiger partial charge on any atom is -0.367 e. The van der Waals surface area contributed by atoms with E-state index in [4.69, 9.17) is 11.6 Å². The van der Waals surface area contributed by atoms with Crippen LogP contribution in [0.15, 0.2) is 11.1 Å². The molecule has 0 saturated carbocycles. The molecule has 0 aliphatic rings. The van der Waals surface area contributed by atoms with Crippen molar-refractivity contribution in [2.45, 2.75) is 19.4 Å². The van der Waals surface area contributed by atoms with Gasteiger partial charge >= 0.3 is 0 Å². The average molecular weight is 245 g/mol. The Morgan fingerprint density at radius 3 is 2.75 bits per heavy atom. The highest BCUT2D eigenvalue weighted by Crippen LogP contribution is 2.15. The quantitative estimate of drug-likeness (QED) is 0.835. The Bertz CT molecular complexity index is 414. The Hall–Kier alpha value is -1.07. The first-order valence-corrected chi connectivity index (χ1v) is 5.37. The van der Waals surface area contributed by atoms with Crippen molar-refractivity contribution in [1.82, 2.24) is 14.9 Å². The first-order valence-electron chi connectivity index (χ1n) is 4.99.